The second-order valence-corrected chi connectivity index (χ2v) is 8.60. The molecule has 178 valence electrons. The molecule has 1 heterocycles. The number of allylic oxidation sites excluding steroid dienone is 3. The first-order valence-electron chi connectivity index (χ1n) is 10.9. The van der Waals surface area contributed by atoms with Crippen LogP contribution in [-0.2, 0) is 23.9 Å². The number of nitrogens with one attached hydrogen (secondary N) is 1. The van der Waals surface area contributed by atoms with Crippen molar-refractivity contribution in [1.29, 1.82) is 0 Å². The van der Waals surface area contributed by atoms with Gasteiger partial charge in [0.05, 0.1) is 38.9 Å². The van der Waals surface area contributed by atoms with E-state index in [4.69, 9.17) is 18.9 Å². The molecule has 3 atom stereocenters. The van der Waals surface area contributed by atoms with Gasteiger partial charge in [-0.25, -0.2) is 4.79 Å². The molecule has 8 heteroatoms. The zero-order chi connectivity index (χ0) is 24.4. The van der Waals surface area contributed by atoms with Gasteiger partial charge in [-0.15, -0.1) is 0 Å². The number of rotatable bonds is 6. The summed E-state index contributed by atoms with van der Waals surface area (Å²) in [5.41, 5.74) is 2.48. The van der Waals surface area contributed by atoms with Crippen molar-refractivity contribution in [2.24, 2.45) is 11.8 Å². The highest BCUT2D eigenvalue weighted by atomic mass is 16.5. The van der Waals surface area contributed by atoms with Crippen LogP contribution in [0.15, 0.2) is 40.7 Å². The summed E-state index contributed by atoms with van der Waals surface area (Å²) in [6.07, 6.45) is 0.0962. The zero-order valence-corrected chi connectivity index (χ0v) is 20.1. The number of Topliss-reactive ketones (excluding diaryl/α,β-unsaturated/α-hetero) is 1. The average Bonchev–Trinajstić information content (AvgIpc) is 2.76. The van der Waals surface area contributed by atoms with Crippen molar-refractivity contribution >= 4 is 17.7 Å². The first-order chi connectivity index (χ1) is 15.6. The highest BCUT2D eigenvalue weighted by Crippen LogP contribution is 2.48. The summed E-state index contributed by atoms with van der Waals surface area (Å²) < 4.78 is 21.5. The number of benzene rings is 1. The van der Waals surface area contributed by atoms with Gasteiger partial charge in [0.2, 0.25) is 0 Å². The summed E-state index contributed by atoms with van der Waals surface area (Å²) in [5, 5.41) is 3.24. The minimum atomic E-state index is -0.963. The van der Waals surface area contributed by atoms with Crippen molar-refractivity contribution in [1.82, 2.24) is 5.32 Å². The van der Waals surface area contributed by atoms with Crippen LogP contribution in [0, 0.1) is 11.8 Å². The highest BCUT2D eigenvalue weighted by molar-refractivity contribution is 6.12. The predicted octanol–water partition coefficient (Wildman–Crippen LogP) is 3.27. The molecule has 1 aliphatic heterocycles. The summed E-state index contributed by atoms with van der Waals surface area (Å²) in [7, 11) is 4.32. The van der Waals surface area contributed by atoms with Gasteiger partial charge in [-0.05, 0) is 51.3 Å². The lowest BCUT2D eigenvalue weighted by atomic mass is 9.69. The van der Waals surface area contributed by atoms with Gasteiger partial charge in [0.15, 0.2) is 5.78 Å². The van der Waals surface area contributed by atoms with E-state index in [-0.39, 0.29) is 17.8 Å². The summed E-state index contributed by atoms with van der Waals surface area (Å²) in [6, 6.07) is 5.21. The molecule has 1 aliphatic carbocycles. The normalized spacial score (nSPS) is 22.5. The van der Waals surface area contributed by atoms with Crippen LogP contribution in [-0.4, -0.2) is 45.2 Å². The van der Waals surface area contributed by atoms with E-state index in [0.29, 0.717) is 46.0 Å². The second kappa shape index (κ2) is 9.68. The Labute approximate surface area is 193 Å². The van der Waals surface area contributed by atoms with Crippen LogP contribution >= 0.6 is 0 Å². The Balaban J connectivity index is 2.28. The Bertz CT molecular complexity index is 1040. The molecule has 3 rings (SSSR count). The maximum absolute atomic E-state index is 13.8. The lowest BCUT2D eigenvalue weighted by molar-refractivity contribution is -0.151. The molecule has 2 aliphatic rings. The number of ether oxygens (including phenoxy) is 4. The maximum atomic E-state index is 13.8. The Morgan fingerprint density at radius 1 is 1.12 bits per heavy atom. The van der Waals surface area contributed by atoms with Gasteiger partial charge in [0.25, 0.3) is 0 Å². The van der Waals surface area contributed by atoms with Crippen molar-refractivity contribution in [3.05, 3.63) is 46.3 Å². The highest BCUT2D eigenvalue weighted by Gasteiger charge is 2.48. The lowest BCUT2D eigenvalue weighted by Gasteiger charge is -2.38. The largest absolute Gasteiger partial charge is 0.497 e. The molecule has 0 unspecified atom stereocenters. The molecule has 0 bridgehead atoms. The number of dihydropyridines is 1. The van der Waals surface area contributed by atoms with E-state index in [1.165, 1.54) is 21.3 Å². The van der Waals surface area contributed by atoms with Gasteiger partial charge in [0, 0.05) is 22.5 Å². The van der Waals surface area contributed by atoms with Gasteiger partial charge in [0.1, 0.15) is 17.4 Å². The molecule has 1 aromatic carbocycles. The van der Waals surface area contributed by atoms with Crippen LogP contribution in [0.1, 0.15) is 45.6 Å². The van der Waals surface area contributed by atoms with Gasteiger partial charge < -0.3 is 24.3 Å². The van der Waals surface area contributed by atoms with E-state index >= 15 is 0 Å². The van der Waals surface area contributed by atoms with Gasteiger partial charge in [-0.2, -0.15) is 0 Å². The molecule has 0 fully saturated rings. The molecular weight excluding hydrogens is 426 g/mol. The third-order valence-corrected chi connectivity index (χ3v) is 6.05. The topological polar surface area (TPSA) is 100 Å². The molecule has 0 saturated heterocycles. The van der Waals surface area contributed by atoms with Crippen molar-refractivity contribution in [2.45, 2.75) is 46.1 Å². The Morgan fingerprint density at radius 3 is 2.39 bits per heavy atom. The van der Waals surface area contributed by atoms with Crippen LogP contribution in [0.4, 0.5) is 0 Å². The molecule has 1 aromatic rings. The van der Waals surface area contributed by atoms with E-state index < -0.39 is 23.8 Å². The molecule has 0 aromatic heterocycles. The number of ketones is 1. The third-order valence-electron chi connectivity index (χ3n) is 6.05. The van der Waals surface area contributed by atoms with Gasteiger partial charge in [-0.1, -0.05) is 6.92 Å². The number of carbonyl (C=O) groups excluding carboxylic acids is 3. The summed E-state index contributed by atoms with van der Waals surface area (Å²) in [4.78, 5) is 39.5. The molecule has 0 saturated carbocycles. The number of esters is 2. The molecule has 0 amide bonds. The maximum Gasteiger partial charge on any atom is 0.337 e. The summed E-state index contributed by atoms with van der Waals surface area (Å²) >= 11 is 0. The van der Waals surface area contributed by atoms with Crippen LogP contribution < -0.4 is 14.8 Å². The minimum absolute atomic E-state index is 0.263. The smallest absolute Gasteiger partial charge is 0.337 e. The number of methoxy groups -OCH3 is 3. The van der Waals surface area contributed by atoms with Crippen molar-refractivity contribution in [3.63, 3.8) is 0 Å². The molecule has 33 heavy (non-hydrogen) atoms. The SMILES string of the molecule is COC(=O)[C@H]1C(=O)C2=C(C[C@@H]1C)NC(C)=C(C(=O)OC(C)C)[C@H]2c1cc(OC)ccc1OC. The fourth-order valence-corrected chi connectivity index (χ4v) is 4.60. The van der Waals surface area contributed by atoms with E-state index in [1.807, 2.05) is 6.92 Å². The lowest BCUT2D eigenvalue weighted by Crippen LogP contribution is -2.43. The van der Waals surface area contributed by atoms with Crippen LogP contribution in [0.25, 0.3) is 0 Å². The first kappa shape index (κ1) is 24.4. The average molecular weight is 458 g/mol. The van der Waals surface area contributed by atoms with Crippen molar-refractivity contribution in [3.8, 4) is 11.5 Å². The molecule has 0 radical (unpaired) electrons. The molecule has 0 spiro atoms. The summed E-state index contributed by atoms with van der Waals surface area (Å²) in [5.74, 6) is -2.51. The van der Waals surface area contributed by atoms with E-state index in [2.05, 4.69) is 5.32 Å². The van der Waals surface area contributed by atoms with Crippen LogP contribution in [0.2, 0.25) is 0 Å². The standard InChI is InChI=1S/C25H31NO7/c1-12(2)33-25(29)20-14(4)26-17-10-13(3)19(24(28)32-7)23(27)22(17)21(20)16-11-15(30-5)8-9-18(16)31-6/h8-9,11-13,19,21,26H,10H2,1-7H3/t13-,19+,21+/m0/s1. The molecular formula is C25H31NO7. The quantitative estimate of drug-likeness (QED) is 0.513. The third kappa shape index (κ3) is 4.47. The van der Waals surface area contributed by atoms with Crippen molar-refractivity contribution in [2.75, 3.05) is 21.3 Å². The molecule has 8 nitrogen and oxygen atoms in total. The zero-order valence-electron chi connectivity index (χ0n) is 20.1. The van der Waals surface area contributed by atoms with Gasteiger partial charge in [-0.3, -0.25) is 9.59 Å². The Kier molecular flexibility index (Phi) is 7.15. The van der Waals surface area contributed by atoms with Gasteiger partial charge >= 0.3 is 11.9 Å². The van der Waals surface area contributed by atoms with Crippen LogP contribution in [0.5, 0.6) is 11.5 Å². The van der Waals surface area contributed by atoms with E-state index in [0.717, 1.165) is 0 Å². The predicted molar refractivity (Wildman–Crippen MR) is 121 cm³/mol. The fourth-order valence-electron chi connectivity index (χ4n) is 4.60. The number of hydrogen-bond acceptors (Lipinski definition) is 8. The Morgan fingerprint density at radius 2 is 1.82 bits per heavy atom. The van der Waals surface area contributed by atoms with Crippen molar-refractivity contribution < 1.29 is 33.3 Å². The fraction of sp³-hybridized carbons (Fsp3) is 0.480. The van der Waals surface area contributed by atoms with E-state index in [9.17, 15) is 14.4 Å². The summed E-state index contributed by atoms with van der Waals surface area (Å²) in [6.45, 7) is 7.14. The number of hydrogen-bond donors (Lipinski definition) is 1. The first-order valence-corrected chi connectivity index (χ1v) is 10.9. The molecule has 1 N–H and O–H groups in total. The Hall–Kier alpha value is -3.29. The monoisotopic (exact) mass is 457 g/mol. The van der Waals surface area contributed by atoms with E-state index in [1.54, 1.807) is 39.0 Å². The second-order valence-electron chi connectivity index (χ2n) is 8.60. The minimum Gasteiger partial charge on any atom is -0.497 e. The number of carbonyl (C=O) groups is 3. The van der Waals surface area contributed by atoms with Crippen LogP contribution in [0.3, 0.4) is 0 Å².